The number of hydrogen-bond donors (Lipinski definition) is 1. The van der Waals surface area contributed by atoms with E-state index in [1.54, 1.807) is 18.2 Å². The molecule has 0 radical (unpaired) electrons. The second kappa shape index (κ2) is 3.68. The summed E-state index contributed by atoms with van der Waals surface area (Å²) in [6.45, 7) is 0.940. The SMILES string of the molecule is COC(=O)N1CCOc2cc(N)ccc21. The van der Waals surface area contributed by atoms with Crippen LogP contribution >= 0.6 is 0 Å². The molecule has 1 aliphatic heterocycles. The van der Waals surface area contributed by atoms with Crippen molar-refractivity contribution in [1.29, 1.82) is 0 Å². The highest BCUT2D eigenvalue weighted by Crippen LogP contribution is 2.33. The molecule has 5 nitrogen and oxygen atoms in total. The normalized spacial score (nSPS) is 14.1. The second-order valence-corrected chi connectivity index (χ2v) is 3.20. The largest absolute Gasteiger partial charge is 0.489 e. The summed E-state index contributed by atoms with van der Waals surface area (Å²) in [5.41, 5.74) is 6.93. The number of amides is 1. The smallest absolute Gasteiger partial charge is 0.414 e. The first-order chi connectivity index (χ1) is 7.22. The maximum atomic E-state index is 11.4. The predicted molar refractivity (Wildman–Crippen MR) is 56.1 cm³/mol. The number of fused-ring (bicyclic) bond motifs is 1. The number of anilines is 2. The molecule has 0 aromatic heterocycles. The number of nitrogens with zero attached hydrogens (tertiary/aromatic N) is 1. The number of methoxy groups -OCH3 is 1. The van der Waals surface area contributed by atoms with E-state index in [1.165, 1.54) is 12.0 Å². The third-order valence-electron chi connectivity index (χ3n) is 2.24. The van der Waals surface area contributed by atoms with Crippen molar-refractivity contribution in [2.75, 3.05) is 30.9 Å². The average Bonchev–Trinajstić information content (AvgIpc) is 2.26. The van der Waals surface area contributed by atoms with E-state index >= 15 is 0 Å². The van der Waals surface area contributed by atoms with Crippen molar-refractivity contribution in [2.45, 2.75) is 0 Å². The molecule has 0 unspecified atom stereocenters. The Morgan fingerprint density at radius 3 is 3.13 bits per heavy atom. The van der Waals surface area contributed by atoms with E-state index < -0.39 is 0 Å². The van der Waals surface area contributed by atoms with E-state index in [-0.39, 0.29) is 6.09 Å². The van der Waals surface area contributed by atoms with Crippen LogP contribution in [0.25, 0.3) is 0 Å². The third-order valence-corrected chi connectivity index (χ3v) is 2.24. The van der Waals surface area contributed by atoms with Gasteiger partial charge in [-0.1, -0.05) is 0 Å². The van der Waals surface area contributed by atoms with Crippen LogP contribution in [0.1, 0.15) is 0 Å². The van der Waals surface area contributed by atoms with Crippen molar-refractivity contribution < 1.29 is 14.3 Å². The molecule has 1 heterocycles. The lowest BCUT2D eigenvalue weighted by Gasteiger charge is -2.28. The highest BCUT2D eigenvalue weighted by Gasteiger charge is 2.23. The molecule has 0 fully saturated rings. The fourth-order valence-corrected chi connectivity index (χ4v) is 1.54. The summed E-state index contributed by atoms with van der Waals surface area (Å²) in [4.78, 5) is 13.0. The average molecular weight is 208 g/mol. The zero-order valence-electron chi connectivity index (χ0n) is 8.40. The van der Waals surface area contributed by atoms with Gasteiger partial charge in [0.15, 0.2) is 0 Å². The van der Waals surface area contributed by atoms with E-state index in [4.69, 9.17) is 10.5 Å². The van der Waals surface area contributed by atoms with Gasteiger partial charge in [0.2, 0.25) is 0 Å². The minimum Gasteiger partial charge on any atom is -0.489 e. The highest BCUT2D eigenvalue weighted by atomic mass is 16.5. The van der Waals surface area contributed by atoms with Gasteiger partial charge in [0, 0.05) is 11.8 Å². The maximum Gasteiger partial charge on any atom is 0.414 e. The van der Waals surface area contributed by atoms with Gasteiger partial charge >= 0.3 is 6.09 Å². The summed E-state index contributed by atoms with van der Waals surface area (Å²) in [7, 11) is 1.36. The van der Waals surface area contributed by atoms with E-state index in [2.05, 4.69) is 4.74 Å². The molecule has 0 saturated heterocycles. The van der Waals surface area contributed by atoms with E-state index in [0.29, 0.717) is 30.3 Å². The Morgan fingerprint density at radius 1 is 1.60 bits per heavy atom. The Morgan fingerprint density at radius 2 is 2.40 bits per heavy atom. The summed E-state index contributed by atoms with van der Waals surface area (Å²) in [5, 5.41) is 0. The lowest BCUT2D eigenvalue weighted by atomic mass is 10.2. The van der Waals surface area contributed by atoms with Crippen molar-refractivity contribution in [3.8, 4) is 5.75 Å². The van der Waals surface area contributed by atoms with Crippen molar-refractivity contribution in [2.24, 2.45) is 0 Å². The first-order valence-electron chi connectivity index (χ1n) is 4.60. The molecule has 0 saturated carbocycles. The monoisotopic (exact) mass is 208 g/mol. The van der Waals surface area contributed by atoms with Crippen molar-refractivity contribution in [3.63, 3.8) is 0 Å². The van der Waals surface area contributed by atoms with Gasteiger partial charge in [0.25, 0.3) is 0 Å². The summed E-state index contributed by atoms with van der Waals surface area (Å²) in [6, 6.07) is 5.18. The van der Waals surface area contributed by atoms with Gasteiger partial charge in [-0.15, -0.1) is 0 Å². The molecule has 0 atom stereocenters. The summed E-state index contributed by atoms with van der Waals surface area (Å²) in [6.07, 6.45) is -0.385. The maximum absolute atomic E-state index is 11.4. The molecule has 2 rings (SSSR count). The fourth-order valence-electron chi connectivity index (χ4n) is 1.54. The molecule has 1 amide bonds. The Bertz CT molecular complexity index is 392. The Hall–Kier alpha value is -1.91. The molecule has 15 heavy (non-hydrogen) atoms. The molecule has 0 bridgehead atoms. The van der Waals surface area contributed by atoms with Crippen LogP contribution in [0, 0.1) is 0 Å². The van der Waals surface area contributed by atoms with Crippen LogP contribution in [0.3, 0.4) is 0 Å². The van der Waals surface area contributed by atoms with Crippen LogP contribution in [0.4, 0.5) is 16.2 Å². The third kappa shape index (κ3) is 1.68. The van der Waals surface area contributed by atoms with Crippen molar-refractivity contribution in [3.05, 3.63) is 18.2 Å². The molecular weight excluding hydrogens is 196 g/mol. The van der Waals surface area contributed by atoms with Gasteiger partial charge in [-0.05, 0) is 12.1 Å². The van der Waals surface area contributed by atoms with E-state index in [9.17, 15) is 4.79 Å². The Labute approximate surface area is 87.4 Å². The standard InChI is InChI=1S/C10H12N2O3/c1-14-10(13)12-4-5-15-9-6-7(11)2-3-8(9)12/h2-3,6H,4-5,11H2,1H3. The first-order valence-corrected chi connectivity index (χ1v) is 4.60. The van der Waals surface area contributed by atoms with Crippen molar-refractivity contribution >= 4 is 17.5 Å². The van der Waals surface area contributed by atoms with Gasteiger partial charge in [-0.25, -0.2) is 4.79 Å². The molecule has 5 heteroatoms. The Balaban J connectivity index is 2.38. The molecule has 1 aliphatic rings. The number of benzene rings is 1. The van der Waals surface area contributed by atoms with Crippen LogP contribution in [0.5, 0.6) is 5.75 Å². The van der Waals surface area contributed by atoms with Crippen LogP contribution in [0.2, 0.25) is 0 Å². The number of carbonyl (C=O) groups excluding carboxylic acids is 1. The number of nitrogen functional groups attached to an aromatic ring is 1. The topological polar surface area (TPSA) is 64.8 Å². The molecular formula is C10H12N2O3. The summed E-state index contributed by atoms with van der Waals surface area (Å²) in [5.74, 6) is 0.617. The van der Waals surface area contributed by atoms with Gasteiger partial charge in [0.1, 0.15) is 12.4 Å². The summed E-state index contributed by atoms with van der Waals surface area (Å²) < 4.78 is 10.1. The lowest BCUT2D eigenvalue weighted by molar-refractivity contribution is 0.174. The van der Waals surface area contributed by atoms with Gasteiger partial charge in [-0.3, -0.25) is 4.90 Å². The van der Waals surface area contributed by atoms with Crippen LogP contribution in [-0.4, -0.2) is 26.4 Å². The zero-order chi connectivity index (χ0) is 10.8. The second-order valence-electron chi connectivity index (χ2n) is 3.20. The van der Waals surface area contributed by atoms with E-state index in [0.717, 1.165) is 0 Å². The summed E-state index contributed by atoms with van der Waals surface area (Å²) >= 11 is 0. The number of rotatable bonds is 0. The highest BCUT2D eigenvalue weighted by molar-refractivity contribution is 5.90. The minimum absolute atomic E-state index is 0.385. The minimum atomic E-state index is -0.385. The lowest BCUT2D eigenvalue weighted by Crippen LogP contribution is -2.37. The van der Waals surface area contributed by atoms with Gasteiger partial charge in [-0.2, -0.15) is 0 Å². The fraction of sp³-hybridized carbons (Fsp3) is 0.300. The van der Waals surface area contributed by atoms with Crippen LogP contribution < -0.4 is 15.4 Å². The van der Waals surface area contributed by atoms with Crippen LogP contribution in [-0.2, 0) is 4.74 Å². The molecule has 80 valence electrons. The van der Waals surface area contributed by atoms with Crippen LogP contribution in [0.15, 0.2) is 18.2 Å². The Kier molecular flexibility index (Phi) is 2.37. The molecule has 1 aromatic carbocycles. The molecule has 0 spiro atoms. The number of ether oxygens (including phenoxy) is 2. The molecule has 1 aromatic rings. The van der Waals surface area contributed by atoms with Gasteiger partial charge in [0.05, 0.1) is 19.3 Å². The molecule has 0 aliphatic carbocycles. The van der Waals surface area contributed by atoms with Gasteiger partial charge < -0.3 is 15.2 Å². The number of hydrogen-bond acceptors (Lipinski definition) is 4. The van der Waals surface area contributed by atoms with Crippen molar-refractivity contribution in [1.82, 2.24) is 0 Å². The quantitative estimate of drug-likeness (QED) is 0.651. The van der Waals surface area contributed by atoms with E-state index in [1.807, 2.05) is 0 Å². The number of carbonyl (C=O) groups is 1. The zero-order valence-corrected chi connectivity index (χ0v) is 8.40. The molecule has 2 N–H and O–H groups in total. The number of nitrogens with two attached hydrogens (primary N) is 1. The predicted octanol–water partition coefficient (Wildman–Crippen LogP) is 1.23. The first kappa shape index (κ1) is 9.64.